The summed E-state index contributed by atoms with van der Waals surface area (Å²) in [5.74, 6) is 0.427. The molecule has 1 aromatic rings. The summed E-state index contributed by atoms with van der Waals surface area (Å²) >= 11 is 0. The van der Waals surface area contributed by atoms with Crippen LogP contribution in [0.1, 0.15) is 38.7 Å². The molecule has 126 valence electrons. The van der Waals surface area contributed by atoms with Gasteiger partial charge >= 0.3 is 0 Å². The van der Waals surface area contributed by atoms with Crippen molar-refractivity contribution < 1.29 is 14.3 Å². The Morgan fingerprint density at radius 3 is 2.57 bits per heavy atom. The zero-order valence-electron chi connectivity index (χ0n) is 14.0. The van der Waals surface area contributed by atoms with E-state index in [9.17, 15) is 9.59 Å². The number of aryl methyl sites for hydroxylation is 1. The number of benzene rings is 1. The number of hydrogen-bond donors (Lipinski definition) is 1. The first-order chi connectivity index (χ1) is 11.0. The van der Waals surface area contributed by atoms with Crippen molar-refractivity contribution >= 4 is 11.8 Å². The average Bonchev–Trinajstić information content (AvgIpc) is 2.54. The van der Waals surface area contributed by atoms with Gasteiger partial charge in [0.05, 0.1) is 12.5 Å². The molecule has 2 rings (SSSR count). The van der Waals surface area contributed by atoms with E-state index < -0.39 is 0 Å². The predicted octanol–water partition coefficient (Wildman–Crippen LogP) is 2.13. The molecule has 2 amide bonds. The molecule has 1 aliphatic rings. The van der Waals surface area contributed by atoms with Crippen LogP contribution in [0.5, 0.6) is 5.75 Å². The van der Waals surface area contributed by atoms with Crippen LogP contribution in [0.3, 0.4) is 0 Å². The summed E-state index contributed by atoms with van der Waals surface area (Å²) in [6, 6.07) is 8.01. The Morgan fingerprint density at radius 2 is 1.96 bits per heavy atom. The number of ether oxygens (including phenoxy) is 1. The quantitative estimate of drug-likeness (QED) is 0.873. The van der Waals surface area contributed by atoms with Crippen molar-refractivity contribution in [3.05, 3.63) is 29.8 Å². The van der Waals surface area contributed by atoms with Crippen LogP contribution in [0, 0.1) is 5.92 Å². The van der Waals surface area contributed by atoms with Gasteiger partial charge in [0.1, 0.15) is 5.75 Å². The van der Waals surface area contributed by atoms with Crippen molar-refractivity contribution in [3.63, 3.8) is 0 Å². The van der Waals surface area contributed by atoms with Gasteiger partial charge in [-0.1, -0.05) is 12.1 Å². The number of hydrogen-bond acceptors (Lipinski definition) is 3. The third-order valence-electron chi connectivity index (χ3n) is 4.47. The number of nitrogens with zero attached hydrogens (tertiary/aromatic N) is 1. The lowest BCUT2D eigenvalue weighted by Crippen LogP contribution is -2.48. The number of primary amides is 1. The van der Waals surface area contributed by atoms with Gasteiger partial charge < -0.3 is 15.4 Å². The van der Waals surface area contributed by atoms with Crippen LogP contribution in [0.15, 0.2) is 24.3 Å². The highest BCUT2D eigenvalue weighted by molar-refractivity contribution is 5.80. The Bertz CT molecular complexity index is 542. The lowest BCUT2D eigenvalue weighted by molar-refractivity contribution is -0.137. The average molecular weight is 318 g/mol. The Kier molecular flexibility index (Phi) is 6.02. The predicted molar refractivity (Wildman–Crippen MR) is 89.0 cm³/mol. The Balaban J connectivity index is 1.89. The second kappa shape index (κ2) is 7.99. The molecule has 0 unspecified atom stereocenters. The van der Waals surface area contributed by atoms with E-state index in [-0.39, 0.29) is 23.8 Å². The lowest BCUT2D eigenvalue weighted by Gasteiger charge is -2.37. The van der Waals surface area contributed by atoms with Gasteiger partial charge in [-0.25, -0.2) is 0 Å². The van der Waals surface area contributed by atoms with Crippen molar-refractivity contribution in [3.8, 4) is 5.75 Å². The Labute approximate surface area is 137 Å². The summed E-state index contributed by atoms with van der Waals surface area (Å²) < 4.78 is 5.41. The molecule has 0 bridgehead atoms. The molecule has 2 N–H and O–H groups in total. The highest BCUT2D eigenvalue weighted by Crippen LogP contribution is 2.23. The fourth-order valence-electron chi connectivity index (χ4n) is 3.00. The van der Waals surface area contributed by atoms with Gasteiger partial charge in [0.15, 0.2) is 0 Å². The maximum atomic E-state index is 12.5. The fourth-order valence-corrected chi connectivity index (χ4v) is 3.00. The first-order valence-electron chi connectivity index (χ1n) is 8.31. The number of nitrogens with two attached hydrogens (primary N) is 1. The van der Waals surface area contributed by atoms with Crippen LogP contribution >= 0.6 is 0 Å². The minimum atomic E-state index is -0.304. The molecule has 0 aromatic heterocycles. The van der Waals surface area contributed by atoms with E-state index in [1.54, 1.807) is 0 Å². The van der Waals surface area contributed by atoms with Crippen molar-refractivity contribution in [2.24, 2.45) is 11.7 Å². The summed E-state index contributed by atoms with van der Waals surface area (Å²) in [6.45, 7) is 5.09. The summed E-state index contributed by atoms with van der Waals surface area (Å²) in [6.07, 6.45) is 2.75. The first-order valence-corrected chi connectivity index (χ1v) is 8.31. The smallest absolute Gasteiger partial charge is 0.223 e. The van der Waals surface area contributed by atoms with Gasteiger partial charge in [0, 0.05) is 19.0 Å². The molecule has 0 spiro atoms. The monoisotopic (exact) mass is 318 g/mol. The van der Waals surface area contributed by atoms with Gasteiger partial charge in [0.25, 0.3) is 0 Å². The molecule has 1 aliphatic heterocycles. The lowest BCUT2D eigenvalue weighted by atomic mass is 9.92. The van der Waals surface area contributed by atoms with Crippen LogP contribution in [0.25, 0.3) is 0 Å². The first kappa shape index (κ1) is 17.3. The number of piperidine rings is 1. The summed E-state index contributed by atoms with van der Waals surface area (Å²) in [7, 11) is 0. The molecule has 1 heterocycles. The van der Waals surface area contributed by atoms with Crippen molar-refractivity contribution in [1.82, 2.24) is 4.90 Å². The Hall–Kier alpha value is -2.04. The number of carbonyl (C=O) groups is 2. The van der Waals surface area contributed by atoms with E-state index >= 15 is 0 Å². The maximum absolute atomic E-state index is 12.5. The number of rotatable bonds is 6. The van der Waals surface area contributed by atoms with Gasteiger partial charge in [-0.3, -0.25) is 9.59 Å². The zero-order chi connectivity index (χ0) is 16.8. The summed E-state index contributed by atoms with van der Waals surface area (Å²) in [5, 5.41) is 0. The van der Waals surface area contributed by atoms with Gasteiger partial charge in [-0.2, -0.15) is 0 Å². The number of likely N-dealkylation sites (tertiary alicyclic amines) is 1. The third-order valence-corrected chi connectivity index (χ3v) is 4.47. The molecule has 2 atom stereocenters. The summed E-state index contributed by atoms with van der Waals surface area (Å²) in [4.78, 5) is 25.6. The molecule has 5 heteroatoms. The normalized spacial score (nSPS) is 21.0. The van der Waals surface area contributed by atoms with E-state index in [4.69, 9.17) is 10.5 Å². The highest BCUT2D eigenvalue weighted by atomic mass is 16.5. The van der Waals surface area contributed by atoms with Gasteiger partial charge in [0.2, 0.25) is 11.8 Å². The largest absolute Gasteiger partial charge is 0.494 e. The van der Waals surface area contributed by atoms with Crippen molar-refractivity contribution in [1.29, 1.82) is 0 Å². The van der Waals surface area contributed by atoms with Crippen LogP contribution in [-0.4, -0.2) is 35.9 Å². The molecule has 1 fully saturated rings. The van der Waals surface area contributed by atoms with Crippen molar-refractivity contribution in [2.75, 3.05) is 13.2 Å². The minimum absolute atomic E-state index is 0.0948. The fraction of sp³-hybridized carbons (Fsp3) is 0.556. The van der Waals surface area contributed by atoms with Crippen LogP contribution in [0.4, 0.5) is 0 Å². The molecule has 5 nitrogen and oxygen atoms in total. The highest BCUT2D eigenvalue weighted by Gasteiger charge is 2.31. The van der Waals surface area contributed by atoms with Crippen LogP contribution in [0.2, 0.25) is 0 Å². The van der Waals surface area contributed by atoms with E-state index in [1.807, 2.05) is 43.0 Å². The minimum Gasteiger partial charge on any atom is -0.494 e. The molecule has 0 radical (unpaired) electrons. The van der Waals surface area contributed by atoms with Crippen molar-refractivity contribution in [2.45, 2.75) is 45.6 Å². The molecular weight excluding hydrogens is 292 g/mol. The molecule has 1 saturated heterocycles. The molecule has 0 aliphatic carbocycles. The van der Waals surface area contributed by atoms with Gasteiger partial charge in [-0.15, -0.1) is 0 Å². The number of amides is 2. The van der Waals surface area contributed by atoms with Crippen LogP contribution < -0.4 is 10.5 Å². The van der Waals surface area contributed by atoms with E-state index in [0.29, 0.717) is 26.0 Å². The molecule has 0 saturated carbocycles. The SMILES string of the molecule is CCOc1ccc(CCC(=O)N2C[C@H](C(N)=O)CC[C@@H]2C)cc1. The van der Waals surface area contributed by atoms with Crippen LogP contribution in [-0.2, 0) is 16.0 Å². The standard InChI is InChI=1S/C18H26N2O3/c1-3-23-16-9-5-14(6-10-16)7-11-17(21)20-12-15(18(19)22)8-4-13(20)2/h5-6,9-10,13,15H,3-4,7-8,11-12H2,1-2H3,(H2,19,22)/t13-,15+/m0/s1. The molecular formula is C18H26N2O3. The third kappa shape index (κ3) is 4.71. The van der Waals surface area contributed by atoms with E-state index in [2.05, 4.69) is 0 Å². The number of carbonyl (C=O) groups excluding carboxylic acids is 2. The second-order valence-electron chi connectivity index (χ2n) is 6.15. The summed E-state index contributed by atoms with van der Waals surface area (Å²) in [5.41, 5.74) is 6.50. The Morgan fingerprint density at radius 1 is 1.26 bits per heavy atom. The molecule has 23 heavy (non-hydrogen) atoms. The maximum Gasteiger partial charge on any atom is 0.223 e. The van der Waals surface area contributed by atoms with E-state index in [1.165, 1.54) is 0 Å². The zero-order valence-corrected chi connectivity index (χ0v) is 14.0. The molecule has 1 aromatic carbocycles. The second-order valence-corrected chi connectivity index (χ2v) is 6.15. The van der Waals surface area contributed by atoms with Gasteiger partial charge in [-0.05, 0) is 50.8 Å². The topological polar surface area (TPSA) is 72.6 Å². The van der Waals surface area contributed by atoms with E-state index in [0.717, 1.165) is 24.2 Å².